The van der Waals surface area contributed by atoms with Crippen LogP contribution in [0, 0.1) is 0 Å². The molecule has 0 radical (unpaired) electrons. The highest BCUT2D eigenvalue weighted by atomic mass is 35.5. The summed E-state index contributed by atoms with van der Waals surface area (Å²) in [6, 6.07) is 5.81. The van der Waals surface area contributed by atoms with Crippen LogP contribution < -0.4 is 5.73 Å². The maximum absolute atomic E-state index is 9.50. The summed E-state index contributed by atoms with van der Waals surface area (Å²) in [5.41, 5.74) is 8.63. The minimum atomic E-state index is -0.502. The van der Waals surface area contributed by atoms with Crippen molar-refractivity contribution >= 4 is 17.3 Å². The SMILES string of the molecule is C[C@@H](O)c1cccc(CCCCCl)c1N. The number of aliphatic hydroxyl groups excluding tert-OH is 1. The number of alkyl halides is 1. The summed E-state index contributed by atoms with van der Waals surface area (Å²) < 4.78 is 0. The summed E-state index contributed by atoms with van der Waals surface area (Å²) in [6.07, 6.45) is 2.47. The molecular weight excluding hydrogens is 210 g/mol. The summed E-state index contributed by atoms with van der Waals surface area (Å²) in [5.74, 6) is 0.690. The number of nitrogen functional groups attached to an aromatic ring is 1. The highest BCUT2D eigenvalue weighted by molar-refractivity contribution is 6.17. The van der Waals surface area contributed by atoms with Gasteiger partial charge in [0.1, 0.15) is 0 Å². The normalized spacial score (nSPS) is 12.7. The second-order valence-corrected chi connectivity index (χ2v) is 4.12. The average molecular weight is 228 g/mol. The molecule has 0 aliphatic heterocycles. The van der Waals surface area contributed by atoms with Crippen molar-refractivity contribution in [3.8, 4) is 0 Å². The predicted molar refractivity (Wildman–Crippen MR) is 65.1 cm³/mol. The Morgan fingerprint density at radius 3 is 2.73 bits per heavy atom. The lowest BCUT2D eigenvalue weighted by Crippen LogP contribution is -2.02. The van der Waals surface area contributed by atoms with Gasteiger partial charge in [-0.15, -0.1) is 11.6 Å². The summed E-state index contributed by atoms with van der Waals surface area (Å²) in [7, 11) is 0. The lowest BCUT2D eigenvalue weighted by atomic mass is 10.00. The van der Waals surface area contributed by atoms with Crippen LogP contribution in [0.2, 0.25) is 0 Å². The fourth-order valence-electron chi connectivity index (χ4n) is 1.63. The lowest BCUT2D eigenvalue weighted by Gasteiger charge is -2.12. The van der Waals surface area contributed by atoms with Gasteiger partial charge < -0.3 is 10.8 Å². The first-order chi connectivity index (χ1) is 7.16. The van der Waals surface area contributed by atoms with Gasteiger partial charge in [0, 0.05) is 17.1 Å². The number of anilines is 1. The van der Waals surface area contributed by atoms with Crippen molar-refractivity contribution in [3.05, 3.63) is 29.3 Å². The Morgan fingerprint density at radius 1 is 1.40 bits per heavy atom. The maximum atomic E-state index is 9.50. The molecule has 2 nitrogen and oxygen atoms in total. The first-order valence-corrected chi connectivity index (χ1v) is 5.81. The Hall–Kier alpha value is -0.730. The van der Waals surface area contributed by atoms with Gasteiger partial charge in [-0.05, 0) is 31.7 Å². The quantitative estimate of drug-likeness (QED) is 0.462. The van der Waals surface area contributed by atoms with Crippen LogP contribution >= 0.6 is 11.6 Å². The van der Waals surface area contributed by atoms with E-state index in [2.05, 4.69) is 0 Å². The van der Waals surface area contributed by atoms with Crippen molar-refractivity contribution in [2.45, 2.75) is 32.3 Å². The number of hydrogen-bond acceptors (Lipinski definition) is 2. The van der Waals surface area contributed by atoms with Gasteiger partial charge in [0.05, 0.1) is 6.10 Å². The van der Waals surface area contributed by atoms with Crippen LogP contribution in [0.5, 0.6) is 0 Å². The van der Waals surface area contributed by atoms with Crippen LogP contribution in [0.1, 0.15) is 37.0 Å². The standard InChI is InChI=1S/C12H18ClNO/c1-9(15)11-7-4-6-10(12(11)14)5-2-3-8-13/h4,6-7,9,15H,2-3,5,8,14H2,1H3/t9-/m1/s1. The van der Waals surface area contributed by atoms with Crippen molar-refractivity contribution in [3.63, 3.8) is 0 Å². The lowest BCUT2D eigenvalue weighted by molar-refractivity contribution is 0.200. The molecule has 15 heavy (non-hydrogen) atoms. The van der Waals surface area contributed by atoms with Gasteiger partial charge in [-0.3, -0.25) is 0 Å². The second-order valence-electron chi connectivity index (χ2n) is 3.74. The second kappa shape index (κ2) is 5.99. The van der Waals surface area contributed by atoms with Crippen LogP contribution in [0.15, 0.2) is 18.2 Å². The molecule has 1 rings (SSSR count). The molecule has 0 aromatic heterocycles. The summed E-state index contributed by atoms with van der Waals surface area (Å²) in [6.45, 7) is 1.73. The third-order valence-electron chi connectivity index (χ3n) is 2.51. The molecule has 0 aliphatic rings. The van der Waals surface area contributed by atoms with Crippen LogP contribution in [0.25, 0.3) is 0 Å². The molecule has 1 aromatic carbocycles. The number of aliphatic hydroxyl groups is 1. The maximum Gasteiger partial charge on any atom is 0.0781 e. The molecule has 84 valence electrons. The van der Waals surface area contributed by atoms with Crippen molar-refractivity contribution in [2.75, 3.05) is 11.6 Å². The van der Waals surface area contributed by atoms with Crippen LogP contribution in [0.3, 0.4) is 0 Å². The molecule has 3 N–H and O–H groups in total. The average Bonchev–Trinajstić information content (AvgIpc) is 2.20. The van der Waals surface area contributed by atoms with Gasteiger partial charge >= 0.3 is 0 Å². The van der Waals surface area contributed by atoms with E-state index in [1.165, 1.54) is 0 Å². The van der Waals surface area contributed by atoms with Crippen LogP contribution in [-0.4, -0.2) is 11.0 Å². The molecule has 0 fully saturated rings. The minimum absolute atomic E-state index is 0.502. The number of unbranched alkanes of at least 4 members (excludes halogenated alkanes) is 1. The van der Waals surface area contributed by atoms with E-state index >= 15 is 0 Å². The van der Waals surface area contributed by atoms with Crippen molar-refractivity contribution in [1.82, 2.24) is 0 Å². The number of aryl methyl sites for hydroxylation is 1. The molecule has 0 spiro atoms. The Labute approximate surface area is 96.1 Å². The fourth-order valence-corrected chi connectivity index (χ4v) is 1.81. The molecule has 0 saturated heterocycles. The van der Waals surface area contributed by atoms with Gasteiger partial charge in [-0.25, -0.2) is 0 Å². The zero-order valence-corrected chi connectivity index (χ0v) is 9.80. The van der Waals surface area contributed by atoms with Gasteiger partial charge in [0.15, 0.2) is 0 Å². The van der Waals surface area contributed by atoms with E-state index in [0.717, 1.165) is 36.1 Å². The van der Waals surface area contributed by atoms with Crippen molar-refractivity contribution in [1.29, 1.82) is 0 Å². The third-order valence-corrected chi connectivity index (χ3v) is 2.78. The smallest absolute Gasteiger partial charge is 0.0781 e. The molecule has 0 amide bonds. The highest BCUT2D eigenvalue weighted by Gasteiger charge is 2.08. The number of rotatable bonds is 5. The fraction of sp³-hybridized carbons (Fsp3) is 0.500. The van der Waals surface area contributed by atoms with E-state index in [9.17, 15) is 5.11 Å². The molecule has 1 atom stereocenters. The zero-order valence-electron chi connectivity index (χ0n) is 9.04. The van der Waals surface area contributed by atoms with Gasteiger partial charge in [0.2, 0.25) is 0 Å². The topological polar surface area (TPSA) is 46.2 Å². The summed E-state index contributed by atoms with van der Waals surface area (Å²) in [4.78, 5) is 0. The van der Waals surface area contributed by atoms with E-state index in [-0.39, 0.29) is 0 Å². The number of halogens is 1. The van der Waals surface area contributed by atoms with Crippen molar-refractivity contribution in [2.24, 2.45) is 0 Å². The summed E-state index contributed by atoms with van der Waals surface area (Å²) >= 11 is 5.62. The van der Waals surface area contributed by atoms with Gasteiger partial charge in [-0.2, -0.15) is 0 Å². The van der Waals surface area contributed by atoms with Crippen LogP contribution in [-0.2, 0) is 6.42 Å². The summed E-state index contributed by atoms with van der Waals surface area (Å²) in [5, 5.41) is 9.50. The molecule has 0 aliphatic carbocycles. The number of para-hydroxylation sites is 1. The van der Waals surface area contributed by atoms with Gasteiger partial charge in [0.25, 0.3) is 0 Å². The third kappa shape index (κ3) is 3.40. The largest absolute Gasteiger partial charge is 0.398 e. The first kappa shape index (κ1) is 12.3. The Kier molecular flexibility index (Phi) is 4.92. The molecule has 0 bridgehead atoms. The van der Waals surface area contributed by atoms with E-state index < -0.39 is 6.10 Å². The molecule has 1 aromatic rings. The molecule has 0 saturated carbocycles. The molecule has 0 heterocycles. The predicted octanol–water partition coefficient (Wildman–Crippen LogP) is 2.88. The Bertz CT molecular complexity index is 312. The number of nitrogens with two attached hydrogens (primary N) is 1. The Balaban J connectivity index is 2.75. The van der Waals surface area contributed by atoms with E-state index in [1.807, 2.05) is 18.2 Å². The molecule has 3 heteroatoms. The highest BCUT2D eigenvalue weighted by Crippen LogP contribution is 2.24. The van der Waals surface area contributed by atoms with Crippen LogP contribution in [0.4, 0.5) is 5.69 Å². The molecular formula is C12H18ClNO. The first-order valence-electron chi connectivity index (χ1n) is 5.28. The zero-order chi connectivity index (χ0) is 11.3. The Morgan fingerprint density at radius 2 is 2.13 bits per heavy atom. The monoisotopic (exact) mass is 227 g/mol. The molecule has 0 unspecified atom stereocenters. The van der Waals surface area contributed by atoms with E-state index in [1.54, 1.807) is 6.92 Å². The minimum Gasteiger partial charge on any atom is -0.398 e. The van der Waals surface area contributed by atoms with E-state index in [4.69, 9.17) is 17.3 Å². The van der Waals surface area contributed by atoms with E-state index in [0.29, 0.717) is 5.88 Å². The number of hydrogen-bond donors (Lipinski definition) is 2. The number of benzene rings is 1. The van der Waals surface area contributed by atoms with Crippen molar-refractivity contribution < 1.29 is 5.11 Å². The van der Waals surface area contributed by atoms with Gasteiger partial charge in [-0.1, -0.05) is 18.2 Å².